The summed E-state index contributed by atoms with van der Waals surface area (Å²) in [6, 6.07) is 13.1. The van der Waals surface area contributed by atoms with Crippen molar-refractivity contribution in [1.29, 1.82) is 0 Å². The van der Waals surface area contributed by atoms with Crippen LogP contribution < -0.4 is 0 Å². The Morgan fingerprint density at radius 2 is 2.00 bits per heavy atom. The molecule has 2 aromatic carbocycles. The molecule has 1 aliphatic heterocycles. The summed E-state index contributed by atoms with van der Waals surface area (Å²) in [5, 5.41) is 11.4. The van der Waals surface area contributed by atoms with Gasteiger partial charge in [0.05, 0.1) is 11.9 Å². The predicted octanol–water partition coefficient (Wildman–Crippen LogP) is 4.56. The summed E-state index contributed by atoms with van der Waals surface area (Å²) in [5.41, 5.74) is 3.54. The average molecular weight is 433 g/mol. The van der Waals surface area contributed by atoms with Crippen molar-refractivity contribution in [3.63, 3.8) is 0 Å². The van der Waals surface area contributed by atoms with Crippen LogP contribution in [0, 0.1) is 11.6 Å². The Balaban J connectivity index is 1.38. The molecule has 1 fully saturated rings. The van der Waals surface area contributed by atoms with Gasteiger partial charge in [-0.25, -0.2) is 13.5 Å². The van der Waals surface area contributed by atoms with Gasteiger partial charge in [0, 0.05) is 48.2 Å². The maximum Gasteiger partial charge on any atom is 0.253 e. The number of nitrogens with zero attached hydrogens (tertiary/aromatic N) is 4. The minimum atomic E-state index is -0.896. The van der Waals surface area contributed by atoms with Gasteiger partial charge in [-0.15, -0.1) is 0 Å². The lowest BCUT2D eigenvalue weighted by atomic mass is 9.90. The number of H-pyrrole nitrogens is 1. The van der Waals surface area contributed by atoms with E-state index in [0.717, 1.165) is 35.9 Å². The zero-order valence-corrected chi connectivity index (χ0v) is 17.2. The molecular formula is C24H21F2N5O. The number of piperidine rings is 1. The van der Waals surface area contributed by atoms with E-state index in [1.54, 1.807) is 23.1 Å². The Kier molecular flexibility index (Phi) is 5.26. The van der Waals surface area contributed by atoms with E-state index < -0.39 is 11.6 Å². The SMILES string of the molecule is O=C(c1cccc(-n2cccn2)c1)N1CCC[C@H](c2[nH]ncc2-c2ccc(F)c(F)c2)C1. The normalized spacial score (nSPS) is 16.3. The number of hydrogen-bond acceptors (Lipinski definition) is 3. The summed E-state index contributed by atoms with van der Waals surface area (Å²) in [6.45, 7) is 1.18. The van der Waals surface area contributed by atoms with Crippen molar-refractivity contribution < 1.29 is 13.6 Å². The highest BCUT2D eigenvalue weighted by Gasteiger charge is 2.28. The lowest BCUT2D eigenvalue weighted by Crippen LogP contribution is -2.39. The fraction of sp³-hybridized carbons (Fsp3) is 0.208. The predicted molar refractivity (Wildman–Crippen MR) is 115 cm³/mol. The number of hydrogen-bond donors (Lipinski definition) is 1. The summed E-state index contributed by atoms with van der Waals surface area (Å²) >= 11 is 0. The summed E-state index contributed by atoms with van der Waals surface area (Å²) in [6.07, 6.45) is 6.86. The highest BCUT2D eigenvalue weighted by molar-refractivity contribution is 5.95. The van der Waals surface area contributed by atoms with Gasteiger partial charge in [0.1, 0.15) is 0 Å². The Morgan fingerprint density at radius 3 is 2.81 bits per heavy atom. The second-order valence-electron chi connectivity index (χ2n) is 7.92. The third-order valence-corrected chi connectivity index (χ3v) is 5.88. The van der Waals surface area contributed by atoms with Gasteiger partial charge < -0.3 is 4.90 Å². The first-order chi connectivity index (χ1) is 15.6. The largest absolute Gasteiger partial charge is 0.338 e. The first kappa shape index (κ1) is 20.1. The molecule has 0 aliphatic carbocycles. The van der Waals surface area contributed by atoms with E-state index in [9.17, 15) is 13.6 Å². The van der Waals surface area contributed by atoms with Gasteiger partial charge in [-0.2, -0.15) is 10.2 Å². The molecule has 8 heteroatoms. The molecule has 6 nitrogen and oxygen atoms in total. The zero-order chi connectivity index (χ0) is 22.1. The second kappa shape index (κ2) is 8.37. The van der Waals surface area contributed by atoms with Crippen LogP contribution in [0.4, 0.5) is 8.78 Å². The van der Waals surface area contributed by atoms with E-state index in [0.29, 0.717) is 24.2 Å². The third kappa shape index (κ3) is 3.79. The van der Waals surface area contributed by atoms with Crippen molar-refractivity contribution in [3.8, 4) is 16.8 Å². The molecule has 3 heterocycles. The standard InChI is InChI=1S/C24H21F2N5O/c25-21-8-7-16(13-22(21)26)20-14-27-29-23(20)18-5-2-10-30(15-18)24(32)17-4-1-6-19(12-17)31-11-3-9-28-31/h1,3-4,6-9,11-14,18H,2,5,10,15H2,(H,27,29)/t18-/m0/s1. The van der Waals surface area contributed by atoms with E-state index in [1.165, 1.54) is 6.07 Å². The topological polar surface area (TPSA) is 66.8 Å². The zero-order valence-electron chi connectivity index (χ0n) is 17.2. The quantitative estimate of drug-likeness (QED) is 0.513. The van der Waals surface area contributed by atoms with Crippen molar-refractivity contribution in [1.82, 2.24) is 24.9 Å². The number of aromatic amines is 1. The molecule has 4 aromatic rings. The highest BCUT2D eigenvalue weighted by Crippen LogP contribution is 2.34. The van der Waals surface area contributed by atoms with Crippen LogP contribution in [0.1, 0.15) is 34.8 Å². The number of carbonyl (C=O) groups excluding carboxylic acids is 1. The Labute approximate surface area is 183 Å². The molecule has 0 spiro atoms. The molecule has 1 N–H and O–H groups in total. The molecule has 2 aromatic heterocycles. The minimum Gasteiger partial charge on any atom is -0.338 e. The van der Waals surface area contributed by atoms with E-state index in [4.69, 9.17) is 0 Å². The number of likely N-dealkylation sites (tertiary alicyclic amines) is 1. The van der Waals surface area contributed by atoms with E-state index in [-0.39, 0.29) is 11.8 Å². The van der Waals surface area contributed by atoms with Crippen LogP contribution in [-0.2, 0) is 0 Å². The molecule has 0 saturated carbocycles. The van der Waals surface area contributed by atoms with Gasteiger partial charge in [-0.1, -0.05) is 12.1 Å². The molecule has 0 bridgehead atoms. The third-order valence-electron chi connectivity index (χ3n) is 5.88. The van der Waals surface area contributed by atoms with E-state index in [2.05, 4.69) is 15.3 Å². The molecule has 32 heavy (non-hydrogen) atoms. The number of carbonyl (C=O) groups is 1. The molecule has 1 aliphatic rings. The molecule has 1 saturated heterocycles. The van der Waals surface area contributed by atoms with Crippen LogP contribution in [0.15, 0.2) is 67.1 Å². The Morgan fingerprint density at radius 1 is 1.09 bits per heavy atom. The lowest BCUT2D eigenvalue weighted by molar-refractivity contribution is 0.0706. The number of halogens is 2. The van der Waals surface area contributed by atoms with Gasteiger partial charge in [-0.05, 0) is 54.8 Å². The maximum absolute atomic E-state index is 13.8. The van der Waals surface area contributed by atoms with Crippen molar-refractivity contribution in [2.75, 3.05) is 13.1 Å². The van der Waals surface area contributed by atoms with Gasteiger partial charge in [0.2, 0.25) is 0 Å². The van der Waals surface area contributed by atoms with Crippen LogP contribution in [0.5, 0.6) is 0 Å². The van der Waals surface area contributed by atoms with Gasteiger partial charge in [0.15, 0.2) is 11.6 Å². The smallest absolute Gasteiger partial charge is 0.253 e. The highest BCUT2D eigenvalue weighted by atomic mass is 19.2. The van der Waals surface area contributed by atoms with E-state index in [1.807, 2.05) is 41.4 Å². The molecule has 5 rings (SSSR count). The Bertz CT molecular complexity index is 1250. The molecule has 0 unspecified atom stereocenters. The van der Waals surface area contributed by atoms with Crippen LogP contribution in [0.25, 0.3) is 16.8 Å². The van der Waals surface area contributed by atoms with Gasteiger partial charge >= 0.3 is 0 Å². The molecule has 162 valence electrons. The van der Waals surface area contributed by atoms with Crippen LogP contribution >= 0.6 is 0 Å². The monoisotopic (exact) mass is 433 g/mol. The molecule has 1 amide bonds. The first-order valence-electron chi connectivity index (χ1n) is 10.5. The van der Waals surface area contributed by atoms with Gasteiger partial charge in [0.25, 0.3) is 5.91 Å². The van der Waals surface area contributed by atoms with Crippen LogP contribution in [0.2, 0.25) is 0 Å². The number of nitrogens with one attached hydrogen (secondary N) is 1. The number of aromatic nitrogens is 4. The van der Waals surface area contributed by atoms with E-state index >= 15 is 0 Å². The van der Waals surface area contributed by atoms with Crippen molar-refractivity contribution in [3.05, 3.63) is 90.0 Å². The van der Waals surface area contributed by atoms with Gasteiger partial charge in [-0.3, -0.25) is 9.89 Å². The first-order valence-corrected chi connectivity index (χ1v) is 10.5. The fourth-order valence-electron chi connectivity index (χ4n) is 4.28. The second-order valence-corrected chi connectivity index (χ2v) is 7.92. The number of amides is 1. The molecule has 0 radical (unpaired) electrons. The van der Waals surface area contributed by atoms with Crippen molar-refractivity contribution in [2.45, 2.75) is 18.8 Å². The summed E-state index contributed by atoms with van der Waals surface area (Å²) in [5.74, 6) is -1.80. The maximum atomic E-state index is 13.8. The van der Waals surface area contributed by atoms with Crippen LogP contribution in [-0.4, -0.2) is 43.9 Å². The van der Waals surface area contributed by atoms with Crippen LogP contribution in [0.3, 0.4) is 0 Å². The summed E-state index contributed by atoms with van der Waals surface area (Å²) in [4.78, 5) is 15.1. The summed E-state index contributed by atoms with van der Waals surface area (Å²) < 4.78 is 28.9. The molecule has 1 atom stereocenters. The lowest BCUT2D eigenvalue weighted by Gasteiger charge is -2.33. The average Bonchev–Trinajstić information content (AvgIpc) is 3.53. The molecular weight excluding hydrogens is 412 g/mol. The number of rotatable bonds is 4. The van der Waals surface area contributed by atoms with Crippen molar-refractivity contribution >= 4 is 5.91 Å². The minimum absolute atomic E-state index is 0.0209. The van der Waals surface area contributed by atoms with Crippen molar-refractivity contribution in [2.24, 2.45) is 0 Å². The Hall–Kier alpha value is -3.81. The summed E-state index contributed by atoms with van der Waals surface area (Å²) in [7, 11) is 0. The fourth-order valence-corrected chi connectivity index (χ4v) is 4.28. The number of benzene rings is 2.